The first-order valence-corrected chi connectivity index (χ1v) is 5.89. The first-order valence-electron chi connectivity index (χ1n) is 5.52. The van der Waals surface area contributed by atoms with E-state index in [9.17, 15) is 4.79 Å². The van der Waals surface area contributed by atoms with Gasteiger partial charge in [0.1, 0.15) is 5.52 Å². The second-order valence-electron chi connectivity index (χ2n) is 3.69. The number of rotatable bonds is 5. The highest BCUT2D eigenvalue weighted by atomic mass is 35.5. The predicted molar refractivity (Wildman–Crippen MR) is 68.5 cm³/mol. The van der Waals surface area contributed by atoms with E-state index in [1.54, 1.807) is 0 Å². The summed E-state index contributed by atoms with van der Waals surface area (Å²) in [6, 6.07) is 0. The molecule has 0 aliphatic carbocycles. The fourth-order valence-electron chi connectivity index (χ4n) is 1.47. The number of aromatic amines is 1. The number of H-pyrrole nitrogens is 1. The number of amides is 1. The van der Waals surface area contributed by atoms with Crippen LogP contribution in [0.5, 0.6) is 0 Å². The van der Waals surface area contributed by atoms with Gasteiger partial charge in [-0.25, -0.2) is 4.98 Å². The SMILES string of the molecule is CNCCCC(=O)Nc1nc(Cl)c2[nH]cnc2n1. The summed E-state index contributed by atoms with van der Waals surface area (Å²) in [5.41, 5.74) is 0.991. The molecule has 7 nitrogen and oxygen atoms in total. The van der Waals surface area contributed by atoms with Crippen molar-refractivity contribution in [2.75, 3.05) is 18.9 Å². The molecule has 0 unspecified atom stereocenters. The number of anilines is 1. The molecular weight excluding hydrogens is 256 g/mol. The number of halogens is 1. The fourth-order valence-corrected chi connectivity index (χ4v) is 1.69. The second kappa shape index (κ2) is 5.74. The van der Waals surface area contributed by atoms with Gasteiger partial charge in [0.25, 0.3) is 0 Å². The van der Waals surface area contributed by atoms with Crippen LogP contribution in [0.15, 0.2) is 6.33 Å². The maximum absolute atomic E-state index is 11.6. The smallest absolute Gasteiger partial charge is 0.233 e. The van der Waals surface area contributed by atoms with E-state index in [1.807, 2.05) is 7.05 Å². The van der Waals surface area contributed by atoms with Crippen LogP contribution in [0.4, 0.5) is 5.95 Å². The molecule has 2 heterocycles. The number of aromatic nitrogens is 4. The van der Waals surface area contributed by atoms with Crippen LogP contribution in [0.3, 0.4) is 0 Å². The molecule has 0 saturated carbocycles. The van der Waals surface area contributed by atoms with Gasteiger partial charge in [-0.2, -0.15) is 9.97 Å². The van der Waals surface area contributed by atoms with E-state index in [-0.39, 0.29) is 17.0 Å². The van der Waals surface area contributed by atoms with Gasteiger partial charge in [0.15, 0.2) is 10.8 Å². The zero-order valence-corrected chi connectivity index (χ0v) is 10.6. The minimum absolute atomic E-state index is 0.142. The molecule has 0 aromatic carbocycles. The van der Waals surface area contributed by atoms with Crippen molar-refractivity contribution in [2.24, 2.45) is 0 Å². The zero-order chi connectivity index (χ0) is 13.0. The summed E-state index contributed by atoms with van der Waals surface area (Å²) in [5, 5.41) is 5.81. The number of nitrogens with zero attached hydrogens (tertiary/aromatic N) is 3. The van der Waals surface area contributed by atoms with Crippen LogP contribution in [0, 0.1) is 0 Å². The summed E-state index contributed by atoms with van der Waals surface area (Å²) in [4.78, 5) is 26.4. The summed E-state index contributed by atoms with van der Waals surface area (Å²) in [5.74, 6) is 0.0326. The lowest BCUT2D eigenvalue weighted by Gasteiger charge is -2.03. The molecule has 96 valence electrons. The van der Waals surface area contributed by atoms with Gasteiger partial charge in [0.05, 0.1) is 6.33 Å². The molecule has 1 amide bonds. The third-order valence-electron chi connectivity index (χ3n) is 2.32. The van der Waals surface area contributed by atoms with Crippen molar-refractivity contribution in [1.29, 1.82) is 0 Å². The maximum Gasteiger partial charge on any atom is 0.233 e. The first-order chi connectivity index (χ1) is 8.70. The van der Waals surface area contributed by atoms with Crippen molar-refractivity contribution in [3.63, 3.8) is 0 Å². The Morgan fingerprint density at radius 3 is 3.11 bits per heavy atom. The average molecular weight is 269 g/mol. The summed E-state index contributed by atoms with van der Waals surface area (Å²) in [7, 11) is 1.84. The lowest BCUT2D eigenvalue weighted by molar-refractivity contribution is -0.116. The molecule has 8 heteroatoms. The van der Waals surface area contributed by atoms with Crippen LogP contribution in [0.1, 0.15) is 12.8 Å². The molecule has 18 heavy (non-hydrogen) atoms. The van der Waals surface area contributed by atoms with Gasteiger partial charge in [-0.1, -0.05) is 11.6 Å². The van der Waals surface area contributed by atoms with Crippen molar-refractivity contribution in [2.45, 2.75) is 12.8 Å². The molecule has 0 saturated heterocycles. The van der Waals surface area contributed by atoms with Crippen molar-refractivity contribution in [3.8, 4) is 0 Å². The molecule has 2 aromatic heterocycles. The molecule has 0 bridgehead atoms. The van der Waals surface area contributed by atoms with Crippen molar-refractivity contribution >= 4 is 34.6 Å². The maximum atomic E-state index is 11.6. The number of nitrogens with one attached hydrogen (secondary N) is 3. The Kier molecular flexibility index (Phi) is 4.06. The monoisotopic (exact) mass is 268 g/mol. The van der Waals surface area contributed by atoms with Crippen molar-refractivity contribution < 1.29 is 4.79 Å². The fraction of sp³-hybridized carbons (Fsp3) is 0.400. The lowest BCUT2D eigenvalue weighted by Crippen LogP contribution is -2.16. The predicted octanol–water partition coefficient (Wildman–Crippen LogP) is 0.944. The Hall–Kier alpha value is -1.73. The summed E-state index contributed by atoms with van der Waals surface area (Å²) >= 11 is 5.93. The minimum atomic E-state index is -0.142. The Morgan fingerprint density at radius 2 is 2.33 bits per heavy atom. The standard InChI is InChI=1S/C10H13ClN6O/c1-12-4-2-3-6(18)15-10-16-8(11)7-9(17-10)14-5-13-7/h5,12H,2-4H2,1H3,(H2,13,14,15,16,17,18). The highest BCUT2D eigenvalue weighted by Crippen LogP contribution is 2.18. The van der Waals surface area contributed by atoms with Crippen LogP contribution in [0.2, 0.25) is 5.15 Å². The van der Waals surface area contributed by atoms with Gasteiger partial charge >= 0.3 is 0 Å². The molecule has 0 atom stereocenters. The number of hydrogen-bond acceptors (Lipinski definition) is 5. The van der Waals surface area contributed by atoms with Gasteiger partial charge in [0, 0.05) is 6.42 Å². The third-order valence-corrected chi connectivity index (χ3v) is 2.60. The Balaban J connectivity index is 2.05. The van der Waals surface area contributed by atoms with Crippen LogP contribution in [-0.2, 0) is 4.79 Å². The second-order valence-corrected chi connectivity index (χ2v) is 4.05. The Morgan fingerprint density at radius 1 is 1.50 bits per heavy atom. The number of carbonyl (C=O) groups is 1. The molecule has 0 fully saturated rings. The number of imidazole rings is 1. The van der Waals surface area contributed by atoms with Gasteiger partial charge in [-0.15, -0.1) is 0 Å². The topological polar surface area (TPSA) is 95.6 Å². The number of fused-ring (bicyclic) bond motifs is 1. The molecule has 0 spiro atoms. The van der Waals surface area contributed by atoms with Crippen LogP contribution in [-0.4, -0.2) is 39.4 Å². The summed E-state index contributed by atoms with van der Waals surface area (Å²) < 4.78 is 0. The van der Waals surface area contributed by atoms with Crippen LogP contribution >= 0.6 is 11.6 Å². The van der Waals surface area contributed by atoms with E-state index in [1.165, 1.54) is 6.33 Å². The highest BCUT2D eigenvalue weighted by Gasteiger charge is 2.10. The zero-order valence-electron chi connectivity index (χ0n) is 9.83. The van der Waals surface area contributed by atoms with Crippen molar-refractivity contribution in [3.05, 3.63) is 11.5 Å². The summed E-state index contributed by atoms with van der Waals surface area (Å²) in [6.07, 6.45) is 2.63. The average Bonchev–Trinajstić information content (AvgIpc) is 2.78. The van der Waals surface area contributed by atoms with E-state index in [0.29, 0.717) is 17.6 Å². The molecule has 0 aliphatic heterocycles. The number of hydrogen-bond donors (Lipinski definition) is 3. The molecular formula is C10H13ClN6O. The van der Waals surface area contributed by atoms with E-state index in [0.717, 1.165) is 13.0 Å². The molecule has 3 N–H and O–H groups in total. The lowest BCUT2D eigenvalue weighted by atomic mass is 10.3. The van der Waals surface area contributed by atoms with Gasteiger partial charge in [0.2, 0.25) is 11.9 Å². The molecule has 0 aliphatic rings. The van der Waals surface area contributed by atoms with Gasteiger partial charge < -0.3 is 10.3 Å². The minimum Gasteiger partial charge on any atom is -0.341 e. The molecule has 2 aromatic rings. The van der Waals surface area contributed by atoms with Crippen LogP contribution in [0.25, 0.3) is 11.2 Å². The third kappa shape index (κ3) is 2.93. The largest absolute Gasteiger partial charge is 0.341 e. The van der Waals surface area contributed by atoms with Gasteiger partial charge in [-0.05, 0) is 20.0 Å². The van der Waals surface area contributed by atoms with Crippen LogP contribution < -0.4 is 10.6 Å². The van der Waals surface area contributed by atoms with E-state index in [4.69, 9.17) is 11.6 Å². The Labute approximate surface area is 108 Å². The van der Waals surface area contributed by atoms with E-state index >= 15 is 0 Å². The van der Waals surface area contributed by atoms with Gasteiger partial charge in [-0.3, -0.25) is 10.1 Å². The summed E-state index contributed by atoms with van der Waals surface area (Å²) in [6.45, 7) is 0.785. The van der Waals surface area contributed by atoms with E-state index in [2.05, 4.69) is 30.6 Å². The first kappa shape index (κ1) is 12.7. The van der Waals surface area contributed by atoms with E-state index < -0.39 is 0 Å². The Bertz CT molecular complexity index is 554. The molecule has 0 radical (unpaired) electrons. The number of carbonyl (C=O) groups excluding carboxylic acids is 1. The highest BCUT2D eigenvalue weighted by molar-refractivity contribution is 6.33. The quantitative estimate of drug-likeness (QED) is 0.554. The normalized spacial score (nSPS) is 10.8. The molecule has 2 rings (SSSR count). The van der Waals surface area contributed by atoms with Crippen molar-refractivity contribution in [1.82, 2.24) is 25.3 Å².